The fraction of sp³-hybridized carbons (Fsp3) is 0.318. The highest BCUT2D eigenvalue weighted by Gasteiger charge is 2.37. The van der Waals surface area contributed by atoms with Crippen molar-refractivity contribution >= 4 is 29.2 Å². The van der Waals surface area contributed by atoms with Gasteiger partial charge in [0, 0.05) is 24.6 Å². The molecule has 1 heterocycles. The predicted octanol–water partition coefficient (Wildman–Crippen LogP) is 2.68. The first-order chi connectivity index (χ1) is 14.8. The topological polar surface area (TPSA) is 119 Å². The summed E-state index contributed by atoms with van der Waals surface area (Å²) in [6, 6.07) is 13.6. The van der Waals surface area contributed by atoms with E-state index in [2.05, 4.69) is 5.32 Å². The van der Waals surface area contributed by atoms with Gasteiger partial charge >= 0.3 is 5.97 Å². The number of nitro benzene ring substituents is 1. The van der Waals surface area contributed by atoms with Crippen LogP contribution in [0.15, 0.2) is 48.5 Å². The standard InChI is InChI=1S/C22H23N3O6/c1-14-8-9-18(11-19(14)25(29)30)24-12-17(10-21(24)27)22(28)31-13-20(26)23-15(2)16-6-4-3-5-7-16/h3-9,11,15,17H,10,12-13H2,1-2H3,(H,23,26)/t15-,17-/m0/s1. The molecule has 0 aromatic heterocycles. The lowest BCUT2D eigenvalue weighted by atomic mass is 10.1. The highest BCUT2D eigenvalue weighted by Crippen LogP contribution is 2.30. The Morgan fingerprint density at radius 3 is 2.65 bits per heavy atom. The minimum Gasteiger partial charge on any atom is -0.455 e. The van der Waals surface area contributed by atoms with Crippen LogP contribution in [0.2, 0.25) is 0 Å². The average molecular weight is 425 g/mol. The second kappa shape index (κ2) is 9.38. The van der Waals surface area contributed by atoms with Gasteiger partial charge in [0.15, 0.2) is 6.61 Å². The molecule has 0 radical (unpaired) electrons. The van der Waals surface area contributed by atoms with Crippen LogP contribution in [-0.2, 0) is 19.1 Å². The molecule has 1 saturated heterocycles. The number of esters is 1. The molecule has 0 unspecified atom stereocenters. The molecule has 0 saturated carbocycles. The minimum absolute atomic E-state index is 0.0416. The summed E-state index contributed by atoms with van der Waals surface area (Å²) < 4.78 is 5.10. The summed E-state index contributed by atoms with van der Waals surface area (Å²) in [6.45, 7) is 3.03. The Labute approximate surface area is 179 Å². The van der Waals surface area contributed by atoms with Crippen molar-refractivity contribution in [2.24, 2.45) is 5.92 Å². The van der Waals surface area contributed by atoms with E-state index in [0.717, 1.165) is 5.56 Å². The minimum atomic E-state index is -0.743. The number of nitrogens with zero attached hydrogens (tertiary/aromatic N) is 2. The number of amides is 2. The summed E-state index contributed by atoms with van der Waals surface area (Å²) in [4.78, 5) is 48.8. The molecule has 1 fully saturated rings. The highest BCUT2D eigenvalue weighted by molar-refractivity contribution is 6.00. The number of benzene rings is 2. The van der Waals surface area contributed by atoms with Crippen LogP contribution >= 0.6 is 0 Å². The van der Waals surface area contributed by atoms with E-state index in [1.165, 1.54) is 11.0 Å². The van der Waals surface area contributed by atoms with Crippen molar-refractivity contribution < 1.29 is 24.0 Å². The monoisotopic (exact) mass is 425 g/mol. The normalized spacial score (nSPS) is 16.6. The third-order valence-electron chi connectivity index (χ3n) is 5.18. The lowest BCUT2D eigenvalue weighted by Crippen LogP contribution is -2.32. The van der Waals surface area contributed by atoms with Crippen LogP contribution in [0.4, 0.5) is 11.4 Å². The summed E-state index contributed by atoms with van der Waals surface area (Å²) in [7, 11) is 0. The number of ether oxygens (including phenoxy) is 1. The third kappa shape index (κ3) is 5.25. The number of nitrogens with one attached hydrogen (secondary N) is 1. The van der Waals surface area contributed by atoms with Gasteiger partial charge in [0.05, 0.1) is 22.6 Å². The van der Waals surface area contributed by atoms with Gasteiger partial charge in [-0.25, -0.2) is 0 Å². The van der Waals surface area contributed by atoms with Gasteiger partial charge in [-0.2, -0.15) is 0 Å². The van der Waals surface area contributed by atoms with E-state index in [4.69, 9.17) is 4.74 Å². The van der Waals surface area contributed by atoms with Gasteiger partial charge in [0.2, 0.25) is 5.91 Å². The summed E-state index contributed by atoms with van der Waals surface area (Å²) in [6.07, 6.45) is -0.0808. The van der Waals surface area contributed by atoms with Crippen LogP contribution in [0.3, 0.4) is 0 Å². The number of hydrogen-bond donors (Lipinski definition) is 1. The lowest BCUT2D eigenvalue weighted by molar-refractivity contribution is -0.385. The molecule has 31 heavy (non-hydrogen) atoms. The summed E-state index contributed by atoms with van der Waals surface area (Å²) in [5.74, 6) is -2.17. The molecular weight excluding hydrogens is 402 g/mol. The molecule has 1 N–H and O–H groups in total. The predicted molar refractivity (Wildman–Crippen MR) is 112 cm³/mol. The van der Waals surface area contributed by atoms with E-state index in [0.29, 0.717) is 11.3 Å². The van der Waals surface area contributed by atoms with Gasteiger partial charge in [0.1, 0.15) is 0 Å². The molecule has 2 aromatic rings. The third-order valence-corrected chi connectivity index (χ3v) is 5.18. The molecular formula is C22H23N3O6. The zero-order valence-corrected chi connectivity index (χ0v) is 17.2. The zero-order valence-electron chi connectivity index (χ0n) is 17.2. The smallest absolute Gasteiger partial charge is 0.311 e. The molecule has 0 bridgehead atoms. The van der Waals surface area contributed by atoms with E-state index >= 15 is 0 Å². The van der Waals surface area contributed by atoms with Crippen LogP contribution in [0.5, 0.6) is 0 Å². The van der Waals surface area contributed by atoms with Crippen LogP contribution in [0.25, 0.3) is 0 Å². The molecule has 3 rings (SSSR count). The average Bonchev–Trinajstić information content (AvgIpc) is 3.14. The van der Waals surface area contributed by atoms with E-state index in [-0.39, 0.29) is 30.6 Å². The number of nitro groups is 1. The Bertz CT molecular complexity index is 1010. The number of anilines is 1. The molecule has 1 aliphatic heterocycles. The number of carbonyl (C=O) groups is 3. The molecule has 9 heteroatoms. The SMILES string of the molecule is Cc1ccc(N2C[C@@H](C(=O)OCC(=O)N[C@@H](C)c3ccccc3)CC2=O)cc1[N+](=O)[O-]. The van der Waals surface area contributed by atoms with Crippen molar-refractivity contribution in [3.63, 3.8) is 0 Å². The maximum atomic E-state index is 12.4. The first-order valence-corrected chi connectivity index (χ1v) is 9.82. The first-order valence-electron chi connectivity index (χ1n) is 9.82. The molecule has 0 spiro atoms. The van der Waals surface area contributed by atoms with Gasteiger partial charge < -0.3 is 15.0 Å². The molecule has 2 amide bonds. The van der Waals surface area contributed by atoms with Crippen molar-refractivity contribution in [1.29, 1.82) is 0 Å². The molecule has 2 atom stereocenters. The van der Waals surface area contributed by atoms with Crippen molar-refractivity contribution in [3.05, 3.63) is 69.8 Å². The molecule has 0 aliphatic carbocycles. The van der Waals surface area contributed by atoms with E-state index in [9.17, 15) is 24.5 Å². The largest absolute Gasteiger partial charge is 0.455 e. The first kappa shape index (κ1) is 21.9. The Morgan fingerprint density at radius 2 is 1.97 bits per heavy atom. The summed E-state index contributed by atoms with van der Waals surface area (Å²) in [5, 5.41) is 13.9. The van der Waals surface area contributed by atoms with Crippen molar-refractivity contribution in [2.75, 3.05) is 18.1 Å². The highest BCUT2D eigenvalue weighted by atomic mass is 16.6. The van der Waals surface area contributed by atoms with Crippen molar-refractivity contribution in [2.45, 2.75) is 26.3 Å². The van der Waals surface area contributed by atoms with Crippen LogP contribution in [0.1, 0.15) is 30.5 Å². The summed E-state index contributed by atoms with van der Waals surface area (Å²) in [5.41, 5.74) is 1.66. The molecule has 9 nitrogen and oxygen atoms in total. The fourth-order valence-electron chi connectivity index (χ4n) is 3.44. The number of rotatable bonds is 7. The number of carbonyl (C=O) groups excluding carboxylic acids is 3. The van der Waals surface area contributed by atoms with Gasteiger partial charge in [-0.05, 0) is 25.5 Å². The van der Waals surface area contributed by atoms with E-state index in [1.54, 1.807) is 19.1 Å². The Balaban J connectivity index is 1.55. The van der Waals surface area contributed by atoms with Gasteiger partial charge in [0.25, 0.3) is 11.6 Å². The van der Waals surface area contributed by atoms with Crippen molar-refractivity contribution in [1.82, 2.24) is 5.32 Å². The quantitative estimate of drug-likeness (QED) is 0.414. The second-order valence-electron chi connectivity index (χ2n) is 7.44. The second-order valence-corrected chi connectivity index (χ2v) is 7.44. The fourth-order valence-corrected chi connectivity index (χ4v) is 3.44. The number of hydrogen-bond acceptors (Lipinski definition) is 6. The van der Waals surface area contributed by atoms with Crippen LogP contribution < -0.4 is 10.2 Å². The Kier molecular flexibility index (Phi) is 6.64. The van der Waals surface area contributed by atoms with E-state index < -0.39 is 29.3 Å². The molecule has 162 valence electrons. The Morgan fingerprint density at radius 1 is 1.26 bits per heavy atom. The molecule has 2 aromatic carbocycles. The van der Waals surface area contributed by atoms with Gasteiger partial charge in [-0.15, -0.1) is 0 Å². The van der Waals surface area contributed by atoms with Crippen LogP contribution in [0, 0.1) is 23.0 Å². The Hall–Kier alpha value is -3.75. The van der Waals surface area contributed by atoms with Crippen LogP contribution in [-0.4, -0.2) is 35.9 Å². The van der Waals surface area contributed by atoms with E-state index in [1.807, 2.05) is 37.3 Å². The van der Waals surface area contributed by atoms with Crippen molar-refractivity contribution in [3.8, 4) is 0 Å². The lowest BCUT2D eigenvalue weighted by Gasteiger charge is -2.17. The van der Waals surface area contributed by atoms with Gasteiger partial charge in [-0.3, -0.25) is 24.5 Å². The van der Waals surface area contributed by atoms with Gasteiger partial charge in [-0.1, -0.05) is 36.4 Å². The maximum Gasteiger partial charge on any atom is 0.311 e. The zero-order chi connectivity index (χ0) is 22.5. The number of aryl methyl sites for hydroxylation is 1. The maximum absolute atomic E-state index is 12.4. The molecule has 1 aliphatic rings. The summed E-state index contributed by atoms with van der Waals surface area (Å²) >= 11 is 0.